The van der Waals surface area contributed by atoms with Crippen LogP contribution in [0.2, 0.25) is 0 Å². The van der Waals surface area contributed by atoms with Gasteiger partial charge in [-0.15, -0.1) is 11.3 Å². The van der Waals surface area contributed by atoms with Gasteiger partial charge in [0.15, 0.2) is 0 Å². The van der Waals surface area contributed by atoms with E-state index in [2.05, 4.69) is 22.5 Å². The van der Waals surface area contributed by atoms with Gasteiger partial charge in [-0.25, -0.2) is 0 Å². The standard InChI is InChI=1S/C19H25N3O2S/c1-4-14-6-8-15(9-7-14)17(23)21-19-16(10-13-25-19)18(24)20-11-5-12-22(2)3/h6-10,13H,4-5,11-12H2,1-3H3,(H,20,24)(H,21,23). The average Bonchev–Trinajstić information content (AvgIpc) is 3.06. The van der Waals surface area contributed by atoms with E-state index in [9.17, 15) is 9.59 Å². The van der Waals surface area contributed by atoms with Crippen molar-refractivity contribution < 1.29 is 9.59 Å². The van der Waals surface area contributed by atoms with E-state index in [4.69, 9.17) is 0 Å². The molecule has 0 saturated heterocycles. The molecule has 2 aromatic rings. The monoisotopic (exact) mass is 359 g/mol. The van der Waals surface area contributed by atoms with E-state index in [1.54, 1.807) is 6.07 Å². The van der Waals surface area contributed by atoms with E-state index in [1.165, 1.54) is 16.9 Å². The van der Waals surface area contributed by atoms with Gasteiger partial charge in [0.05, 0.1) is 5.56 Å². The lowest BCUT2D eigenvalue weighted by molar-refractivity contribution is 0.0953. The number of amides is 2. The Morgan fingerprint density at radius 2 is 1.80 bits per heavy atom. The first-order valence-corrected chi connectivity index (χ1v) is 9.30. The number of benzene rings is 1. The van der Waals surface area contributed by atoms with Gasteiger partial charge < -0.3 is 15.5 Å². The first-order valence-electron chi connectivity index (χ1n) is 8.42. The molecule has 1 heterocycles. The van der Waals surface area contributed by atoms with Crippen molar-refractivity contribution in [3.8, 4) is 0 Å². The molecular weight excluding hydrogens is 334 g/mol. The zero-order chi connectivity index (χ0) is 18.2. The number of anilines is 1. The van der Waals surface area contributed by atoms with Crippen LogP contribution in [0.3, 0.4) is 0 Å². The Hall–Kier alpha value is -2.18. The molecule has 0 fully saturated rings. The highest BCUT2D eigenvalue weighted by Gasteiger charge is 2.15. The molecule has 0 aliphatic rings. The third-order valence-corrected chi connectivity index (χ3v) is 4.66. The topological polar surface area (TPSA) is 61.4 Å². The molecule has 6 heteroatoms. The zero-order valence-electron chi connectivity index (χ0n) is 15.0. The van der Waals surface area contributed by atoms with Gasteiger partial charge in [-0.05, 0) is 62.6 Å². The molecule has 2 amide bonds. The molecule has 0 aliphatic carbocycles. The molecule has 134 valence electrons. The van der Waals surface area contributed by atoms with E-state index >= 15 is 0 Å². The molecular formula is C19H25N3O2S. The molecule has 0 unspecified atom stereocenters. The van der Waals surface area contributed by atoms with Crippen molar-refractivity contribution in [3.05, 3.63) is 52.4 Å². The number of rotatable bonds is 8. The summed E-state index contributed by atoms with van der Waals surface area (Å²) in [5.74, 6) is -0.358. The van der Waals surface area contributed by atoms with Crippen LogP contribution in [0.15, 0.2) is 35.7 Å². The number of carbonyl (C=O) groups excluding carboxylic acids is 2. The smallest absolute Gasteiger partial charge is 0.256 e. The lowest BCUT2D eigenvalue weighted by Gasteiger charge is -2.10. The van der Waals surface area contributed by atoms with Crippen molar-refractivity contribution in [2.45, 2.75) is 19.8 Å². The minimum atomic E-state index is -0.202. The minimum Gasteiger partial charge on any atom is -0.352 e. The van der Waals surface area contributed by atoms with Crippen LogP contribution in [-0.4, -0.2) is 43.9 Å². The Bertz CT molecular complexity index is 708. The molecule has 0 radical (unpaired) electrons. The van der Waals surface area contributed by atoms with Gasteiger partial charge in [0.1, 0.15) is 5.00 Å². The largest absolute Gasteiger partial charge is 0.352 e. The molecule has 5 nitrogen and oxygen atoms in total. The van der Waals surface area contributed by atoms with Crippen LogP contribution in [0.4, 0.5) is 5.00 Å². The third-order valence-electron chi connectivity index (χ3n) is 3.83. The third kappa shape index (κ3) is 5.69. The van der Waals surface area contributed by atoms with Gasteiger partial charge >= 0.3 is 0 Å². The Morgan fingerprint density at radius 3 is 2.44 bits per heavy atom. The first-order chi connectivity index (χ1) is 12.0. The van der Waals surface area contributed by atoms with Crippen LogP contribution >= 0.6 is 11.3 Å². The summed E-state index contributed by atoms with van der Waals surface area (Å²) in [6.07, 6.45) is 1.82. The van der Waals surface area contributed by atoms with E-state index in [-0.39, 0.29) is 11.8 Å². The summed E-state index contributed by atoms with van der Waals surface area (Å²) >= 11 is 1.35. The number of aryl methyl sites for hydroxylation is 1. The lowest BCUT2D eigenvalue weighted by Crippen LogP contribution is -2.27. The molecule has 25 heavy (non-hydrogen) atoms. The van der Waals surface area contributed by atoms with E-state index in [0.29, 0.717) is 22.7 Å². The average molecular weight is 359 g/mol. The van der Waals surface area contributed by atoms with Gasteiger partial charge in [-0.3, -0.25) is 9.59 Å². The molecule has 0 saturated carbocycles. The fraction of sp³-hybridized carbons (Fsp3) is 0.368. The Morgan fingerprint density at radius 1 is 1.08 bits per heavy atom. The number of hydrogen-bond acceptors (Lipinski definition) is 4. The number of hydrogen-bond donors (Lipinski definition) is 2. The summed E-state index contributed by atoms with van der Waals surface area (Å²) in [5.41, 5.74) is 2.28. The number of nitrogens with zero attached hydrogens (tertiary/aromatic N) is 1. The summed E-state index contributed by atoms with van der Waals surface area (Å²) < 4.78 is 0. The summed E-state index contributed by atoms with van der Waals surface area (Å²) in [7, 11) is 4.00. The first kappa shape index (κ1) is 19.1. The maximum absolute atomic E-state index is 12.4. The van der Waals surface area contributed by atoms with Crippen LogP contribution in [-0.2, 0) is 6.42 Å². The summed E-state index contributed by atoms with van der Waals surface area (Å²) in [5, 5.41) is 8.13. The van der Waals surface area contributed by atoms with Gasteiger partial charge in [0, 0.05) is 12.1 Å². The molecule has 1 aromatic carbocycles. The van der Waals surface area contributed by atoms with Crippen molar-refractivity contribution in [2.75, 3.05) is 32.5 Å². The van der Waals surface area contributed by atoms with E-state index in [1.807, 2.05) is 43.7 Å². The van der Waals surface area contributed by atoms with Crippen molar-refractivity contribution in [1.82, 2.24) is 10.2 Å². The molecule has 0 spiro atoms. The normalized spacial score (nSPS) is 10.7. The molecule has 0 bridgehead atoms. The van der Waals surface area contributed by atoms with Crippen LogP contribution in [0.25, 0.3) is 0 Å². The molecule has 2 N–H and O–H groups in total. The van der Waals surface area contributed by atoms with Gasteiger partial charge in [0.2, 0.25) is 0 Å². The maximum atomic E-state index is 12.4. The zero-order valence-corrected chi connectivity index (χ0v) is 15.8. The van der Waals surface area contributed by atoms with E-state index in [0.717, 1.165) is 19.4 Å². The van der Waals surface area contributed by atoms with E-state index < -0.39 is 0 Å². The number of carbonyl (C=O) groups is 2. The van der Waals surface area contributed by atoms with Gasteiger partial charge in [-0.2, -0.15) is 0 Å². The summed E-state index contributed by atoms with van der Waals surface area (Å²) in [6, 6.07) is 9.25. The minimum absolute atomic E-state index is 0.156. The second-order valence-electron chi connectivity index (χ2n) is 6.08. The van der Waals surface area contributed by atoms with Crippen molar-refractivity contribution in [1.29, 1.82) is 0 Å². The maximum Gasteiger partial charge on any atom is 0.256 e. The second-order valence-corrected chi connectivity index (χ2v) is 7.00. The second kappa shape index (κ2) is 9.34. The highest BCUT2D eigenvalue weighted by Crippen LogP contribution is 2.24. The fourth-order valence-corrected chi connectivity index (χ4v) is 3.12. The Balaban J connectivity index is 1.95. The summed E-state index contributed by atoms with van der Waals surface area (Å²) in [6.45, 7) is 3.60. The van der Waals surface area contributed by atoms with Crippen molar-refractivity contribution >= 4 is 28.2 Å². The molecule has 0 aliphatic heterocycles. The van der Waals surface area contributed by atoms with Crippen LogP contribution < -0.4 is 10.6 Å². The Labute approximate surface area is 153 Å². The summed E-state index contributed by atoms with van der Waals surface area (Å²) in [4.78, 5) is 26.8. The number of nitrogens with one attached hydrogen (secondary N) is 2. The highest BCUT2D eigenvalue weighted by molar-refractivity contribution is 7.14. The van der Waals surface area contributed by atoms with Crippen LogP contribution in [0.5, 0.6) is 0 Å². The van der Waals surface area contributed by atoms with Gasteiger partial charge in [0.25, 0.3) is 11.8 Å². The SMILES string of the molecule is CCc1ccc(C(=O)Nc2sccc2C(=O)NCCCN(C)C)cc1. The fourth-order valence-electron chi connectivity index (χ4n) is 2.34. The van der Waals surface area contributed by atoms with Crippen LogP contribution in [0, 0.1) is 0 Å². The molecule has 1 aromatic heterocycles. The van der Waals surface area contributed by atoms with Crippen LogP contribution in [0.1, 0.15) is 39.6 Å². The molecule has 0 atom stereocenters. The van der Waals surface area contributed by atoms with Crippen molar-refractivity contribution in [2.24, 2.45) is 0 Å². The quantitative estimate of drug-likeness (QED) is 0.711. The lowest BCUT2D eigenvalue weighted by atomic mass is 10.1. The predicted octanol–water partition coefficient (Wildman–Crippen LogP) is 3.24. The Kier molecular flexibility index (Phi) is 7.16. The van der Waals surface area contributed by atoms with Crippen molar-refractivity contribution in [3.63, 3.8) is 0 Å². The molecule has 2 rings (SSSR count). The number of thiophene rings is 1. The highest BCUT2D eigenvalue weighted by atomic mass is 32.1. The van der Waals surface area contributed by atoms with Gasteiger partial charge in [-0.1, -0.05) is 19.1 Å². The predicted molar refractivity (Wildman–Crippen MR) is 104 cm³/mol.